The topological polar surface area (TPSA) is 93.8 Å². The van der Waals surface area contributed by atoms with Crippen molar-refractivity contribution in [3.63, 3.8) is 0 Å². The van der Waals surface area contributed by atoms with Crippen LogP contribution in [0.2, 0.25) is 0 Å². The number of nitrogens with zero attached hydrogens (tertiary/aromatic N) is 1. The van der Waals surface area contributed by atoms with Gasteiger partial charge in [-0.1, -0.05) is 18.0 Å². The molecule has 3 rings (SSSR count). The Morgan fingerprint density at radius 2 is 2.11 bits per heavy atom. The van der Waals surface area contributed by atoms with Gasteiger partial charge in [0.05, 0.1) is 13.7 Å². The normalized spacial score (nSPS) is 15.7. The van der Waals surface area contributed by atoms with Crippen LogP contribution in [0.1, 0.15) is 36.0 Å². The third-order valence-corrected chi connectivity index (χ3v) is 5.06. The lowest BCUT2D eigenvalue weighted by Crippen LogP contribution is -2.31. The van der Waals surface area contributed by atoms with Crippen LogP contribution < -0.4 is 10.1 Å². The van der Waals surface area contributed by atoms with Gasteiger partial charge in [0.1, 0.15) is 0 Å². The van der Waals surface area contributed by atoms with Crippen molar-refractivity contribution in [1.82, 2.24) is 5.16 Å². The van der Waals surface area contributed by atoms with Gasteiger partial charge in [0.2, 0.25) is 0 Å². The van der Waals surface area contributed by atoms with E-state index in [0.29, 0.717) is 18.7 Å². The van der Waals surface area contributed by atoms with Crippen LogP contribution in [-0.2, 0) is 4.74 Å². The molecule has 1 heterocycles. The molecule has 1 aliphatic carbocycles. The number of carboxylic acids is 1. The Kier molecular flexibility index (Phi) is 5.65. The van der Waals surface area contributed by atoms with Gasteiger partial charge >= 0.3 is 5.97 Å². The number of aromatic nitrogens is 1. The van der Waals surface area contributed by atoms with Gasteiger partial charge in [-0.3, -0.25) is 0 Å². The summed E-state index contributed by atoms with van der Waals surface area (Å²) in [6.45, 7) is 1.14. The van der Waals surface area contributed by atoms with Crippen LogP contribution in [0.3, 0.4) is 0 Å². The Labute approximate surface area is 156 Å². The molecule has 8 heteroatoms. The number of methoxy groups -OCH3 is 2. The van der Waals surface area contributed by atoms with Crippen LogP contribution >= 0.6 is 0 Å². The molecular formula is C19H23FN2O5. The van der Waals surface area contributed by atoms with E-state index >= 15 is 0 Å². The van der Waals surface area contributed by atoms with E-state index in [-0.39, 0.29) is 28.3 Å². The second-order valence-electron chi connectivity index (χ2n) is 6.88. The maximum atomic E-state index is 13.6. The van der Waals surface area contributed by atoms with Crippen LogP contribution in [-0.4, -0.2) is 43.6 Å². The summed E-state index contributed by atoms with van der Waals surface area (Å²) in [6, 6.07) is 4.01. The molecule has 0 atom stereocenters. The minimum absolute atomic E-state index is 0.000231. The first-order valence-electron chi connectivity index (χ1n) is 8.79. The number of hydrogen-bond donors (Lipinski definition) is 2. The lowest BCUT2D eigenvalue weighted by Gasteiger charge is -2.28. The molecule has 7 nitrogen and oxygen atoms in total. The fourth-order valence-corrected chi connectivity index (χ4v) is 3.68. The average Bonchev–Trinajstić information content (AvgIpc) is 3.28. The molecule has 0 unspecified atom stereocenters. The van der Waals surface area contributed by atoms with E-state index in [1.807, 2.05) is 0 Å². The molecule has 2 aromatic rings. The highest BCUT2D eigenvalue weighted by Gasteiger charge is 2.35. The molecule has 1 aliphatic rings. The number of rotatable bonds is 8. The molecule has 27 heavy (non-hydrogen) atoms. The minimum Gasteiger partial charge on any atom is -0.494 e. The van der Waals surface area contributed by atoms with Crippen molar-refractivity contribution in [2.24, 2.45) is 5.41 Å². The zero-order valence-corrected chi connectivity index (χ0v) is 15.4. The third-order valence-electron chi connectivity index (χ3n) is 5.06. The lowest BCUT2D eigenvalue weighted by molar-refractivity contribution is 0.0697. The Hall–Kier alpha value is -2.61. The van der Waals surface area contributed by atoms with E-state index in [4.69, 9.17) is 14.0 Å². The van der Waals surface area contributed by atoms with Crippen LogP contribution in [0, 0.1) is 11.2 Å². The number of carbonyl (C=O) groups is 1. The van der Waals surface area contributed by atoms with Crippen molar-refractivity contribution >= 4 is 11.8 Å². The highest BCUT2D eigenvalue weighted by Crippen LogP contribution is 2.39. The number of hydrogen-bond acceptors (Lipinski definition) is 6. The van der Waals surface area contributed by atoms with E-state index in [9.17, 15) is 14.3 Å². The quantitative estimate of drug-likeness (QED) is 0.721. The molecule has 0 amide bonds. The lowest BCUT2D eigenvalue weighted by atomic mass is 9.87. The first-order chi connectivity index (χ1) is 13.0. The largest absolute Gasteiger partial charge is 0.494 e. The zero-order valence-electron chi connectivity index (χ0n) is 15.4. The molecule has 1 aromatic carbocycles. The molecule has 0 aliphatic heterocycles. The molecule has 2 N–H and O–H groups in total. The highest BCUT2D eigenvalue weighted by molar-refractivity contribution is 5.99. The Morgan fingerprint density at radius 3 is 2.74 bits per heavy atom. The van der Waals surface area contributed by atoms with E-state index in [1.165, 1.54) is 25.3 Å². The van der Waals surface area contributed by atoms with Gasteiger partial charge in [0, 0.05) is 24.6 Å². The summed E-state index contributed by atoms with van der Waals surface area (Å²) in [5.41, 5.74) is 0.246. The average molecular weight is 378 g/mol. The summed E-state index contributed by atoms with van der Waals surface area (Å²) in [5.74, 6) is -1.51. The molecule has 146 valence electrons. The molecule has 1 saturated carbocycles. The second kappa shape index (κ2) is 7.96. The Bertz CT molecular complexity index is 814. The van der Waals surface area contributed by atoms with Crippen molar-refractivity contribution in [2.45, 2.75) is 25.7 Å². The summed E-state index contributed by atoms with van der Waals surface area (Å²) in [4.78, 5) is 11.8. The molecule has 0 bridgehead atoms. The van der Waals surface area contributed by atoms with Gasteiger partial charge in [-0.2, -0.15) is 0 Å². The van der Waals surface area contributed by atoms with Crippen molar-refractivity contribution in [2.75, 3.05) is 32.7 Å². The number of benzene rings is 1. The summed E-state index contributed by atoms with van der Waals surface area (Å²) in [5, 5.41) is 16.7. The van der Waals surface area contributed by atoms with E-state index < -0.39 is 11.8 Å². The van der Waals surface area contributed by atoms with Crippen molar-refractivity contribution < 1.29 is 28.3 Å². The zero-order chi connectivity index (χ0) is 19.4. The summed E-state index contributed by atoms with van der Waals surface area (Å²) in [6.07, 6.45) is 4.26. The number of aromatic carboxylic acids is 1. The number of halogens is 1. The fourth-order valence-electron chi connectivity index (χ4n) is 3.68. The van der Waals surface area contributed by atoms with E-state index in [0.717, 1.165) is 25.7 Å². The highest BCUT2D eigenvalue weighted by atomic mass is 19.1. The second-order valence-corrected chi connectivity index (χ2v) is 6.88. The molecule has 1 aromatic heterocycles. The maximum Gasteiger partial charge on any atom is 0.343 e. The monoisotopic (exact) mass is 378 g/mol. The van der Waals surface area contributed by atoms with Crippen LogP contribution in [0.4, 0.5) is 10.2 Å². The van der Waals surface area contributed by atoms with Gasteiger partial charge < -0.3 is 24.4 Å². The van der Waals surface area contributed by atoms with Crippen molar-refractivity contribution in [1.29, 1.82) is 0 Å². The van der Waals surface area contributed by atoms with Crippen molar-refractivity contribution in [3.8, 4) is 17.1 Å². The summed E-state index contributed by atoms with van der Waals surface area (Å²) >= 11 is 0. The van der Waals surface area contributed by atoms with E-state index in [1.54, 1.807) is 7.11 Å². The molecular weight excluding hydrogens is 355 g/mol. The predicted molar refractivity (Wildman–Crippen MR) is 96.7 cm³/mol. The smallest absolute Gasteiger partial charge is 0.343 e. The predicted octanol–water partition coefficient (Wildman–Crippen LogP) is 3.81. The van der Waals surface area contributed by atoms with E-state index in [2.05, 4.69) is 10.5 Å². The van der Waals surface area contributed by atoms with Gasteiger partial charge in [0.25, 0.3) is 0 Å². The Balaban J connectivity index is 1.89. The molecule has 0 spiro atoms. The van der Waals surface area contributed by atoms with Crippen LogP contribution in [0.15, 0.2) is 22.7 Å². The fraction of sp³-hybridized carbons (Fsp3) is 0.474. The first kappa shape index (κ1) is 19.2. The van der Waals surface area contributed by atoms with Gasteiger partial charge in [0.15, 0.2) is 28.7 Å². The molecule has 1 fully saturated rings. The van der Waals surface area contributed by atoms with Crippen molar-refractivity contribution in [3.05, 3.63) is 29.6 Å². The Morgan fingerprint density at radius 1 is 1.37 bits per heavy atom. The summed E-state index contributed by atoms with van der Waals surface area (Å²) < 4.78 is 29.2. The number of carboxylic acid groups (broad SMARTS) is 1. The maximum absolute atomic E-state index is 13.6. The van der Waals surface area contributed by atoms with Gasteiger partial charge in [-0.25, -0.2) is 9.18 Å². The first-order valence-corrected chi connectivity index (χ1v) is 8.79. The van der Waals surface area contributed by atoms with Crippen LogP contribution in [0.5, 0.6) is 5.75 Å². The SMILES string of the molecule is COCC1(CNc2noc(-c3ccc(F)c(OC)c3)c2C(=O)O)CCCC1. The number of nitrogens with one attached hydrogen (secondary N) is 1. The summed E-state index contributed by atoms with van der Waals surface area (Å²) in [7, 11) is 3.00. The molecule has 0 radical (unpaired) electrons. The standard InChI is InChI=1S/C19H23FN2O5/c1-25-11-19(7-3-4-8-19)10-21-17-15(18(23)24)16(27-22-17)12-5-6-13(20)14(9-12)26-2/h5-6,9H,3-4,7-8,10-11H2,1-2H3,(H,21,22)(H,23,24). The van der Waals surface area contributed by atoms with Gasteiger partial charge in [-0.15, -0.1) is 0 Å². The van der Waals surface area contributed by atoms with Crippen LogP contribution in [0.25, 0.3) is 11.3 Å². The molecule has 0 saturated heterocycles. The van der Waals surface area contributed by atoms with Gasteiger partial charge in [-0.05, 0) is 31.0 Å². The number of ether oxygens (including phenoxy) is 2. The minimum atomic E-state index is -1.18. The number of anilines is 1. The third kappa shape index (κ3) is 3.90.